The molecule has 28 heavy (non-hydrogen) atoms. The lowest BCUT2D eigenvalue weighted by molar-refractivity contribution is -0.117. The number of morpholine rings is 1. The molecule has 0 saturated carbocycles. The fourth-order valence-corrected chi connectivity index (χ4v) is 3.81. The molecule has 1 atom stereocenters. The van der Waals surface area contributed by atoms with Gasteiger partial charge in [-0.1, -0.05) is 23.7 Å². The van der Waals surface area contributed by atoms with E-state index in [0.717, 1.165) is 49.8 Å². The highest BCUT2D eigenvalue weighted by Gasteiger charge is 2.33. The van der Waals surface area contributed by atoms with Crippen LogP contribution in [0.25, 0.3) is 5.70 Å². The lowest BCUT2D eigenvalue weighted by atomic mass is 10.1. The molecule has 0 aromatic heterocycles. The third kappa shape index (κ3) is 3.94. The van der Waals surface area contributed by atoms with Crippen molar-refractivity contribution in [2.75, 3.05) is 39.4 Å². The van der Waals surface area contributed by atoms with Gasteiger partial charge >= 0.3 is 0 Å². The summed E-state index contributed by atoms with van der Waals surface area (Å²) < 4.78 is 5.49. The first-order valence-corrected chi connectivity index (χ1v) is 10.1. The van der Waals surface area contributed by atoms with Crippen LogP contribution in [0.5, 0.6) is 0 Å². The molecule has 1 aromatic rings. The highest BCUT2D eigenvalue weighted by Crippen LogP contribution is 2.32. The number of halogens is 1. The van der Waals surface area contributed by atoms with E-state index >= 15 is 0 Å². The molecule has 1 saturated heterocycles. The van der Waals surface area contributed by atoms with Crippen molar-refractivity contribution in [1.82, 2.24) is 20.4 Å². The predicted molar refractivity (Wildman–Crippen MR) is 110 cm³/mol. The van der Waals surface area contributed by atoms with Crippen molar-refractivity contribution in [3.63, 3.8) is 0 Å². The Morgan fingerprint density at radius 1 is 1.29 bits per heavy atom. The summed E-state index contributed by atoms with van der Waals surface area (Å²) in [5, 5.41) is 7.19. The minimum atomic E-state index is -0.0529. The fourth-order valence-electron chi connectivity index (χ4n) is 3.68. The van der Waals surface area contributed by atoms with E-state index < -0.39 is 0 Å². The van der Waals surface area contributed by atoms with Gasteiger partial charge in [-0.15, -0.1) is 0 Å². The van der Waals surface area contributed by atoms with Crippen LogP contribution in [0.15, 0.2) is 53.9 Å². The minimum absolute atomic E-state index is 0.0000971. The SMILES string of the molecule is CCNC(=O)C1=CN2C(CN3CCOCC3)=C(c3ccc(Cl)cc3)NC2C=C1. The maximum absolute atomic E-state index is 12.3. The van der Waals surface area contributed by atoms with Crippen molar-refractivity contribution >= 4 is 23.2 Å². The first kappa shape index (κ1) is 19.1. The van der Waals surface area contributed by atoms with Crippen molar-refractivity contribution < 1.29 is 9.53 Å². The zero-order valence-corrected chi connectivity index (χ0v) is 16.7. The Morgan fingerprint density at radius 2 is 2.04 bits per heavy atom. The summed E-state index contributed by atoms with van der Waals surface area (Å²) in [6.07, 6.45) is 5.87. The van der Waals surface area contributed by atoms with Crippen molar-refractivity contribution in [3.05, 3.63) is 64.5 Å². The highest BCUT2D eigenvalue weighted by molar-refractivity contribution is 6.30. The van der Waals surface area contributed by atoms with Crippen molar-refractivity contribution in [3.8, 4) is 0 Å². The van der Waals surface area contributed by atoms with Crippen LogP contribution in [0.4, 0.5) is 0 Å². The number of carbonyl (C=O) groups is 1. The molecule has 3 aliphatic rings. The number of carbonyl (C=O) groups excluding carboxylic acids is 1. The van der Waals surface area contributed by atoms with Gasteiger partial charge in [-0.25, -0.2) is 0 Å². The van der Waals surface area contributed by atoms with E-state index in [2.05, 4.69) is 20.4 Å². The molecule has 1 fully saturated rings. The Labute approximate surface area is 170 Å². The number of nitrogens with zero attached hydrogens (tertiary/aromatic N) is 2. The Hall–Kier alpha value is -2.28. The van der Waals surface area contributed by atoms with Crippen molar-refractivity contribution in [2.24, 2.45) is 0 Å². The topological polar surface area (TPSA) is 56.8 Å². The molecule has 0 aliphatic carbocycles. The van der Waals surface area contributed by atoms with E-state index in [1.165, 1.54) is 0 Å². The van der Waals surface area contributed by atoms with Crippen LogP contribution in [-0.2, 0) is 9.53 Å². The van der Waals surface area contributed by atoms with Gasteiger partial charge in [0.1, 0.15) is 6.17 Å². The van der Waals surface area contributed by atoms with E-state index in [0.29, 0.717) is 17.1 Å². The number of benzene rings is 1. The van der Waals surface area contributed by atoms with Crippen LogP contribution in [-0.4, -0.2) is 61.3 Å². The largest absolute Gasteiger partial charge is 0.379 e. The smallest absolute Gasteiger partial charge is 0.252 e. The van der Waals surface area contributed by atoms with E-state index in [1.807, 2.05) is 49.5 Å². The van der Waals surface area contributed by atoms with Gasteiger partial charge in [0.2, 0.25) is 0 Å². The molecular formula is C21H25ClN4O2. The second kappa shape index (κ2) is 8.39. The molecule has 7 heteroatoms. The molecule has 0 spiro atoms. The molecular weight excluding hydrogens is 376 g/mol. The van der Waals surface area contributed by atoms with E-state index in [4.69, 9.17) is 16.3 Å². The van der Waals surface area contributed by atoms with Gasteiger partial charge in [-0.05, 0) is 36.8 Å². The van der Waals surface area contributed by atoms with Gasteiger partial charge in [0.25, 0.3) is 5.91 Å². The molecule has 4 rings (SSSR count). The molecule has 148 valence electrons. The Kier molecular flexibility index (Phi) is 5.71. The fraction of sp³-hybridized carbons (Fsp3) is 0.381. The first-order chi connectivity index (χ1) is 13.7. The van der Waals surface area contributed by atoms with Crippen LogP contribution < -0.4 is 10.6 Å². The Morgan fingerprint density at radius 3 is 2.75 bits per heavy atom. The van der Waals surface area contributed by atoms with Crippen LogP contribution in [0.2, 0.25) is 5.02 Å². The lowest BCUT2D eigenvalue weighted by Crippen LogP contribution is -2.41. The summed E-state index contributed by atoms with van der Waals surface area (Å²) in [6.45, 7) is 6.63. The summed E-state index contributed by atoms with van der Waals surface area (Å²) in [7, 11) is 0. The Bertz CT molecular complexity index is 825. The molecule has 1 aromatic carbocycles. The number of likely N-dealkylation sites (N-methyl/N-ethyl adjacent to an activating group) is 1. The van der Waals surface area contributed by atoms with Gasteiger partial charge < -0.3 is 20.3 Å². The Balaban J connectivity index is 1.68. The van der Waals surface area contributed by atoms with Gasteiger partial charge in [0, 0.05) is 37.4 Å². The molecule has 0 bridgehead atoms. The third-order valence-corrected chi connectivity index (χ3v) is 5.39. The average molecular weight is 401 g/mol. The molecule has 3 heterocycles. The molecule has 2 N–H and O–H groups in total. The molecule has 1 unspecified atom stereocenters. The van der Waals surface area contributed by atoms with Gasteiger partial charge in [-0.3, -0.25) is 9.69 Å². The molecule has 1 amide bonds. The number of fused-ring (bicyclic) bond motifs is 1. The summed E-state index contributed by atoms with van der Waals surface area (Å²) >= 11 is 6.08. The average Bonchev–Trinajstić information content (AvgIpc) is 3.07. The maximum Gasteiger partial charge on any atom is 0.252 e. The van der Waals surface area contributed by atoms with Crippen LogP contribution in [0, 0.1) is 0 Å². The number of rotatable bonds is 5. The normalized spacial score (nSPS) is 22.0. The molecule has 6 nitrogen and oxygen atoms in total. The monoisotopic (exact) mass is 400 g/mol. The highest BCUT2D eigenvalue weighted by atomic mass is 35.5. The van der Waals surface area contributed by atoms with Crippen molar-refractivity contribution in [1.29, 1.82) is 0 Å². The number of ether oxygens (including phenoxy) is 1. The summed E-state index contributed by atoms with van der Waals surface area (Å²) in [6, 6.07) is 7.86. The number of hydrogen-bond donors (Lipinski definition) is 2. The van der Waals surface area contributed by atoms with Gasteiger partial charge in [-0.2, -0.15) is 0 Å². The number of hydrogen-bond acceptors (Lipinski definition) is 5. The second-order valence-corrected chi connectivity index (χ2v) is 7.45. The van der Waals surface area contributed by atoms with Crippen LogP contribution >= 0.6 is 11.6 Å². The number of nitrogens with one attached hydrogen (secondary N) is 2. The second-order valence-electron chi connectivity index (χ2n) is 7.02. The van der Waals surface area contributed by atoms with Crippen molar-refractivity contribution in [2.45, 2.75) is 13.1 Å². The maximum atomic E-state index is 12.3. The minimum Gasteiger partial charge on any atom is -0.379 e. The number of amides is 1. The zero-order valence-electron chi connectivity index (χ0n) is 16.0. The van der Waals surface area contributed by atoms with E-state index in [9.17, 15) is 4.79 Å². The summed E-state index contributed by atoms with van der Waals surface area (Å²) in [5.74, 6) is -0.0529. The summed E-state index contributed by atoms with van der Waals surface area (Å²) in [5.41, 5.74) is 3.98. The zero-order chi connectivity index (χ0) is 19.5. The molecule has 0 radical (unpaired) electrons. The van der Waals surface area contributed by atoms with E-state index in [-0.39, 0.29) is 12.1 Å². The predicted octanol–water partition coefficient (Wildman–Crippen LogP) is 2.16. The van der Waals surface area contributed by atoms with Gasteiger partial charge in [0.05, 0.1) is 30.2 Å². The quantitative estimate of drug-likeness (QED) is 0.793. The first-order valence-electron chi connectivity index (χ1n) is 9.68. The summed E-state index contributed by atoms with van der Waals surface area (Å²) in [4.78, 5) is 16.9. The van der Waals surface area contributed by atoms with Crippen LogP contribution in [0.3, 0.4) is 0 Å². The third-order valence-electron chi connectivity index (χ3n) is 5.14. The van der Waals surface area contributed by atoms with Gasteiger partial charge in [0.15, 0.2) is 0 Å². The van der Waals surface area contributed by atoms with E-state index in [1.54, 1.807) is 0 Å². The van der Waals surface area contributed by atoms with Crippen LogP contribution in [0.1, 0.15) is 12.5 Å². The standard InChI is InChI=1S/C21H25ClN4O2/c1-2-23-21(27)16-5-8-19-24-20(15-3-6-17(22)7-4-15)18(26(19)13-16)14-25-9-11-28-12-10-25/h3-8,13,19,24H,2,9-12,14H2,1H3,(H,23,27). The lowest BCUT2D eigenvalue weighted by Gasteiger charge is -2.32. The molecule has 3 aliphatic heterocycles.